The van der Waals surface area contributed by atoms with Crippen LogP contribution in [-0.4, -0.2) is 25.7 Å². The average Bonchev–Trinajstić information content (AvgIpc) is 3.15. The molecule has 0 aromatic carbocycles. The van der Waals surface area contributed by atoms with Gasteiger partial charge in [0.15, 0.2) is 5.69 Å². The summed E-state index contributed by atoms with van der Waals surface area (Å²) in [7, 11) is 1.24. The Bertz CT molecular complexity index is 1200. The molecule has 0 saturated carbocycles. The number of amides is 1. The first kappa shape index (κ1) is 22.7. The van der Waals surface area contributed by atoms with Gasteiger partial charge in [-0.3, -0.25) is 19.4 Å². The van der Waals surface area contributed by atoms with Gasteiger partial charge in [-0.2, -0.15) is 31.4 Å². The lowest BCUT2D eigenvalue weighted by atomic mass is 9.88. The van der Waals surface area contributed by atoms with Gasteiger partial charge in [0.05, 0.1) is 11.7 Å². The van der Waals surface area contributed by atoms with Gasteiger partial charge in [0, 0.05) is 31.1 Å². The molecule has 174 valence electrons. The Morgan fingerprint density at radius 1 is 1.06 bits per heavy atom. The topological polar surface area (TPSA) is 72.7 Å². The molecular formula is C21H17F6N5O. The van der Waals surface area contributed by atoms with E-state index in [9.17, 15) is 31.1 Å². The molecule has 0 aliphatic heterocycles. The Morgan fingerprint density at radius 3 is 2.45 bits per heavy atom. The lowest BCUT2D eigenvalue weighted by Gasteiger charge is -2.26. The van der Waals surface area contributed by atoms with Crippen LogP contribution >= 0.6 is 0 Å². The standard InChI is InChI=1S/C21H17F6N5O/c1-32-16(9-18(31-32)21(25,26)27)19(33)30-14-4-2-3-12-10-29-15(8-13(12)14)11-5-6-28-17(7-11)20(22,23)24/h5-10,14H,2-4H2,1H3,(H,30,33)/t14-/m0/s1. The highest BCUT2D eigenvalue weighted by Gasteiger charge is 2.36. The Morgan fingerprint density at radius 2 is 1.79 bits per heavy atom. The van der Waals surface area contributed by atoms with E-state index in [2.05, 4.69) is 20.4 Å². The van der Waals surface area contributed by atoms with Crippen molar-refractivity contribution in [3.8, 4) is 11.3 Å². The molecule has 0 radical (unpaired) electrons. The number of alkyl halides is 6. The molecule has 3 aromatic heterocycles. The highest BCUT2D eigenvalue weighted by atomic mass is 19.4. The zero-order chi connectivity index (χ0) is 24.0. The van der Waals surface area contributed by atoms with Crippen LogP contribution < -0.4 is 5.32 Å². The van der Waals surface area contributed by atoms with Crippen LogP contribution in [0, 0.1) is 0 Å². The SMILES string of the molecule is Cn1nc(C(F)(F)F)cc1C(=O)N[C@H]1CCCc2cnc(-c3ccnc(C(F)(F)F)c3)cc21. The van der Waals surface area contributed by atoms with Gasteiger partial charge in [0.1, 0.15) is 11.4 Å². The smallest absolute Gasteiger partial charge is 0.344 e. The third-order valence-corrected chi connectivity index (χ3v) is 5.39. The van der Waals surface area contributed by atoms with Crippen LogP contribution in [0.1, 0.15) is 51.9 Å². The van der Waals surface area contributed by atoms with Gasteiger partial charge in [0.2, 0.25) is 0 Å². The van der Waals surface area contributed by atoms with E-state index in [1.54, 1.807) is 12.3 Å². The molecular weight excluding hydrogens is 452 g/mol. The monoisotopic (exact) mass is 469 g/mol. The number of fused-ring (bicyclic) bond motifs is 1. The maximum absolute atomic E-state index is 13.0. The van der Waals surface area contributed by atoms with E-state index in [4.69, 9.17) is 0 Å². The molecule has 0 bridgehead atoms. The second-order valence-corrected chi connectivity index (χ2v) is 7.65. The van der Waals surface area contributed by atoms with Crippen molar-refractivity contribution in [3.05, 3.63) is 64.9 Å². The summed E-state index contributed by atoms with van der Waals surface area (Å²) in [6.45, 7) is 0. The lowest BCUT2D eigenvalue weighted by Crippen LogP contribution is -2.32. The third-order valence-electron chi connectivity index (χ3n) is 5.39. The van der Waals surface area contributed by atoms with Crippen LogP contribution in [0.5, 0.6) is 0 Å². The molecule has 0 fully saturated rings. The number of carbonyl (C=O) groups excluding carboxylic acids is 1. The normalized spacial score (nSPS) is 16.4. The molecule has 1 aliphatic rings. The maximum Gasteiger partial charge on any atom is 0.435 e. The summed E-state index contributed by atoms with van der Waals surface area (Å²) in [4.78, 5) is 20.3. The van der Waals surface area contributed by atoms with E-state index in [-0.39, 0.29) is 17.0 Å². The molecule has 0 saturated heterocycles. The number of aromatic nitrogens is 4. The molecule has 1 aliphatic carbocycles. The molecule has 0 spiro atoms. The van der Waals surface area contributed by atoms with Crippen molar-refractivity contribution in [1.29, 1.82) is 0 Å². The molecule has 12 heteroatoms. The summed E-state index contributed by atoms with van der Waals surface area (Å²) in [6, 6.07) is 4.01. The first-order chi connectivity index (χ1) is 15.4. The number of halogens is 6. The summed E-state index contributed by atoms with van der Waals surface area (Å²) in [5.41, 5.74) is -0.554. The maximum atomic E-state index is 13.0. The number of hydrogen-bond acceptors (Lipinski definition) is 4. The molecule has 3 aromatic rings. The number of nitrogens with zero attached hydrogens (tertiary/aromatic N) is 4. The van der Waals surface area contributed by atoms with Crippen LogP contribution in [0.15, 0.2) is 36.7 Å². The number of rotatable bonds is 3. The van der Waals surface area contributed by atoms with E-state index in [0.29, 0.717) is 30.9 Å². The Labute approximate surface area is 183 Å². The second-order valence-electron chi connectivity index (χ2n) is 7.65. The summed E-state index contributed by atoms with van der Waals surface area (Å²) >= 11 is 0. The lowest BCUT2D eigenvalue weighted by molar-refractivity contribution is -0.142. The van der Waals surface area contributed by atoms with Crippen molar-refractivity contribution in [2.75, 3.05) is 0 Å². The minimum atomic E-state index is -4.69. The predicted molar refractivity (Wildman–Crippen MR) is 104 cm³/mol. The van der Waals surface area contributed by atoms with E-state index >= 15 is 0 Å². The average molecular weight is 469 g/mol. The van der Waals surface area contributed by atoms with Gasteiger partial charge in [-0.25, -0.2) is 0 Å². The number of nitrogens with one attached hydrogen (secondary N) is 1. The summed E-state index contributed by atoms with van der Waals surface area (Å²) in [5, 5.41) is 6.07. The predicted octanol–water partition coefficient (Wildman–Crippen LogP) is 4.72. The summed E-state index contributed by atoms with van der Waals surface area (Å²) in [6.07, 6.45) is -4.85. The summed E-state index contributed by atoms with van der Waals surface area (Å²) < 4.78 is 78.7. The van der Waals surface area contributed by atoms with Crippen molar-refractivity contribution in [2.24, 2.45) is 7.05 Å². The van der Waals surface area contributed by atoms with Crippen molar-refractivity contribution in [1.82, 2.24) is 25.1 Å². The fourth-order valence-electron chi connectivity index (χ4n) is 3.79. The van der Waals surface area contributed by atoms with Gasteiger partial charge in [-0.15, -0.1) is 0 Å². The van der Waals surface area contributed by atoms with Crippen LogP contribution in [0.3, 0.4) is 0 Å². The second kappa shape index (κ2) is 8.16. The van der Waals surface area contributed by atoms with Crippen LogP contribution in [0.2, 0.25) is 0 Å². The Balaban J connectivity index is 1.63. The van der Waals surface area contributed by atoms with Crippen molar-refractivity contribution in [3.63, 3.8) is 0 Å². The molecule has 1 N–H and O–H groups in total. The molecule has 1 atom stereocenters. The van der Waals surface area contributed by atoms with Crippen LogP contribution in [0.4, 0.5) is 26.3 Å². The highest BCUT2D eigenvalue weighted by Crippen LogP contribution is 2.34. The van der Waals surface area contributed by atoms with E-state index < -0.39 is 35.7 Å². The molecule has 33 heavy (non-hydrogen) atoms. The number of aryl methyl sites for hydroxylation is 2. The first-order valence-electron chi connectivity index (χ1n) is 9.88. The number of hydrogen-bond donors (Lipinski definition) is 1. The first-order valence-corrected chi connectivity index (χ1v) is 9.88. The minimum absolute atomic E-state index is 0.206. The Kier molecular flexibility index (Phi) is 5.62. The van der Waals surface area contributed by atoms with Crippen molar-refractivity contribution in [2.45, 2.75) is 37.7 Å². The van der Waals surface area contributed by atoms with Gasteiger partial charge in [-0.05, 0) is 48.6 Å². The quantitative estimate of drug-likeness (QED) is 0.564. The van der Waals surface area contributed by atoms with Crippen LogP contribution in [0.25, 0.3) is 11.3 Å². The fourth-order valence-corrected chi connectivity index (χ4v) is 3.79. The van der Waals surface area contributed by atoms with E-state index in [0.717, 1.165) is 22.5 Å². The molecule has 4 rings (SSSR count). The summed E-state index contributed by atoms with van der Waals surface area (Å²) in [5.74, 6) is -0.736. The van der Waals surface area contributed by atoms with Crippen LogP contribution in [-0.2, 0) is 25.8 Å². The molecule has 6 nitrogen and oxygen atoms in total. The van der Waals surface area contributed by atoms with Gasteiger partial charge >= 0.3 is 12.4 Å². The molecule has 0 unspecified atom stereocenters. The molecule has 1 amide bonds. The Hall–Kier alpha value is -3.44. The minimum Gasteiger partial charge on any atom is -0.344 e. The fraction of sp³-hybridized carbons (Fsp3) is 0.333. The van der Waals surface area contributed by atoms with Gasteiger partial charge in [-0.1, -0.05) is 0 Å². The van der Waals surface area contributed by atoms with Crippen molar-refractivity contribution >= 4 is 5.91 Å². The number of pyridine rings is 2. The van der Waals surface area contributed by atoms with Gasteiger partial charge in [0.25, 0.3) is 5.91 Å². The van der Waals surface area contributed by atoms with E-state index in [1.165, 1.54) is 13.1 Å². The largest absolute Gasteiger partial charge is 0.435 e. The van der Waals surface area contributed by atoms with E-state index in [1.807, 2.05) is 0 Å². The van der Waals surface area contributed by atoms with Gasteiger partial charge < -0.3 is 5.32 Å². The van der Waals surface area contributed by atoms with Crippen molar-refractivity contribution < 1.29 is 31.1 Å². The zero-order valence-electron chi connectivity index (χ0n) is 17.1. The highest BCUT2D eigenvalue weighted by molar-refractivity contribution is 5.93. The zero-order valence-corrected chi connectivity index (χ0v) is 17.1. The third kappa shape index (κ3) is 4.69. The number of carbonyl (C=O) groups is 1. The molecule has 3 heterocycles.